The van der Waals surface area contributed by atoms with Gasteiger partial charge >= 0.3 is 0 Å². The van der Waals surface area contributed by atoms with Gasteiger partial charge in [-0.25, -0.2) is 0 Å². The first kappa shape index (κ1) is 20.3. The lowest BCUT2D eigenvalue weighted by atomic mass is 10.0. The summed E-state index contributed by atoms with van der Waals surface area (Å²) in [7, 11) is 1.66. The molecule has 156 valence electrons. The number of rotatable bonds is 6. The largest absolute Gasteiger partial charge is 0.497 e. The Balaban J connectivity index is 1.36. The highest BCUT2D eigenvalue weighted by Gasteiger charge is 2.23. The van der Waals surface area contributed by atoms with Gasteiger partial charge in [-0.2, -0.15) is 5.10 Å². The Morgan fingerprint density at radius 2 is 2.00 bits per heavy atom. The van der Waals surface area contributed by atoms with Crippen LogP contribution in [0.15, 0.2) is 54.6 Å². The standard InChI is InChI=1S/C23H25ClN4O2/c1-30-20-10-6-17(7-11-20)21-14-22(27-26-21)28-12-2-3-19(15-28)25-23(29)13-16-4-8-18(24)9-5-16/h4-11,14,19H,2-3,12-13,15H2,1H3,(H,25,29)(H,26,27)/t19-/m0/s1. The quantitative estimate of drug-likeness (QED) is 0.625. The average Bonchev–Trinajstić information content (AvgIpc) is 3.26. The summed E-state index contributed by atoms with van der Waals surface area (Å²) in [6.45, 7) is 1.68. The Morgan fingerprint density at radius 1 is 1.23 bits per heavy atom. The van der Waals surface area contributed by atoms with Crippen LogP contribution in [0, 0.1) is 0 Å². The van der Waals surface area contributed by atoms with Gasteiger partial charge in [-0.15, -0.1) is 0 Å². The smallest absolute Gasteiger partial charge is 0.224 e. The molecule has 2 heterocycles. The van der Waals surface area contributed by atoms with Gasteiger partial charge < -0.3 is 15.0 Å². The summed E-state index contributed by atoms with van der Waals surface area (Å²) < 4.78 is 5.22. The highest BCUT2D eigenvalue weighted by Crippen LogP contribution is 2.25. The number of methoxy groups -OCH3 is 1. The number of amides is 1. The van der Waals surface area contributed by atoms with Crippen molar-refractivity contribution in [2.45, 2.75) is 25.3 Å². The number of hydrogen-bond donors (Lipinski definition) is 2. The number of carbonyl (C=O) groups is 1. The molecule has 3 aromatic rings. The average molecular weight is 425 g/mol. The molecular formula is C23H25ClN4O2. The van der Waals surface area contributed by atoms with E-state index in [0.717, 1.165) is 54.3 Å². The fourth-order valence-corrected chi connectivity index (χ4v) is 3.89. The molecule has 1 aliphatic rings. The number of H-pyrrole nitrogens is 1. The SMILES string of the molecule is COc1ccc(-c2cc(N3CCC[C@H](NC(=O)Cc4ccc(Cl)cc4)C3)n[nH]2)cc1. The van der Waals surface area contributed by atoms with Crippen LogP contribution in [0.5, 0.6) is 5.75 Å². The van der Waals surface area contributed by atoms with Crippen molar-refractivity contribution in [1.29, 1.82) is 0 Å². The maximum absolute atomic E-state index is 12.5. The third-order valence-electron chi connectivity index (χ3n) is 5.35. The molecule has 2 N–H and O–H groups in total. The van der Waals surface area contributed by atoms with Crippen molar-refractivity contribution >= 4 is 23.3 Å². The van der Waals surface area contributed by atoms with Crippen LogP contribution >= 0.6 is 11.6 Å². The van der Waals surface area contributed by atoms with E-state index in [1.165, 1.54) is 0 Å². The lowest BCUT2D eigenvalue weighted by Gasteiger charge is -2.33. The first-order valence-electron chi connectivity index (χ1n) is 10.1. The zero-order valence-electron chi connectivity index (χ0n) is 16.9. The molecule has 1 saturated heterocycles. The van der Waals surface area contributed by atoms with Crippen LogP contribution in [0.2, 0.25) is 5.02 Å². The molecule has 30 heavy (non-hydrogen) atoms. The number of hydrogen-bond acceptors (Lipinski definition) is 4. The number of carbonyl (C=O) groups excluding carboxylic acids is 1. The van der Waals surface area contributed by atoms with E-state index in [-0.39, 0.29) is 11.9 Å². The monoisotopic (exact) mass is 424 g/mol. The number of aromatic nitrogens is 2. The molecular weight excluding hydrogens is 400 g/mol. The van der Waals surface area contributed by atoms with E-state index in [1.807, 2.05) is 48.5 Å². The van der Waals surface area contributed by atoms with Gasteiger partial charge in [0.25, 0.3) is 0 Å². The first-order chi connectivity index (χ1) is 14.6. The Kier molecular flexibility index (Phi) is 6.23. The molecule has 0 saturated carbocycles. The van der Waals surface area contributed by atoms with E-state index in [1.54, 1.807) is 7.11 Å². The van der Waals surface area contributed by atoms with Crippen molar-refractivity contribution in [1.82, 2.24) is 15.5 Å². The molecule has 0 radical (unpaired) electrons. The van der Waals surface area contributed by atoms with Crippen molar-refractivity contribution in [2.75, 3.05) is 25.1 Å². The van der Waals surface area contributed by atoms with Crippen LogP contribution in [0.3, 0.4) is 0 Å². The van der Waals surface area contributed by atoms with E-state index in [0.29, 0.717) is 11.4 Å². The van der Waals surface area contributed by atoms with Crippen molar-refractivity contribution in [3.8, 4) is 17.0 Å². The molecule has 1 aromatic heterocycles. The highest BCUT2D eigenvalue weighted by atomic mass is 35.5. The van der Waals surface area contributed by atoms with E-state index in [9.17, 15) is 4.79 Å². The summed E-state index contributed by atoms with van der Waals surface area (Å²) in [5, 5.41) is 11.5. The van der Waals surface area contributed by atoms with Crippen LogP contribution in [-0.4, -0.2) is 42.3 Å². The predicted octanol–water partition coefficient (Wildman–Crippen LogP) is 4.07. The van der Waals surface area contributed by atoms with Gasteiger partial charge in [-0.1, -0.05) is 23.7 Å². The minimum Gasteiger partial charge on any atom is -0.497 e. The highest BCUT2D eigenvalue weighted by molar-refractivity contribution is 6.30. The third kappa shape index (κ3) is 4.94. The lowest BCUT2D eigenvalue weighted by molar-refractivity contribution is -0.121. The van der Waals surface area contributed by atoms with Gasteiger partial charge in [-0.3, -0.25) is 9.89 Å². The Bertz CT molecular complexity index is 985. The number of piperidine rings is 1. The molecule has 0 unspecified atom stereocenters. The van der Waals surface area contributed by atoms with Gasteiger partial charge in [0.15, 0.2) is 5.82 Å². The molecule has 0 aliphatic carbocycles. The summed E-state index contributed by atoms with van der Waals surface area (Å²) in [4.78, 5) is 14.7. The van der Waals surface area contributed by atoms with Crippen molar-refractivity contribution in [3.63, 3.8) is 0 Å². The number of anilines is 1. The fraction of sp³-hybridized carbons (Fsp3) is 0.304. The molecule has 4 rings (SSSR count). The molecule has 1 aliphatic heterocycles. The fourth-order valence-electron chi connectivity index (χ4n) is 3.76. The number of ether oxygens (including phenoxy) is 1. The minimum atomic E-state index is 0.0325. The molecule has 7 heteroatoms. The Labute approximate surface area is 181 Å². The second-order valence-electron chi connectivity index (χ2n) is 7.52. The zero-order valence-corrected chi connectivity index (χ0v) is 17.7. The summed E-state index contributed by atoms with van der Waals surface area (Å²) in [5.41, 5.74) is 2.97. The van der Waals surface area contributed by atoms with Gasteiger partial charge in [0.2, 0.25) is 5.91 Å². The minimum absolute atomic E-state index is 0.0325. The number of aromatic amines is 1. The first-order valence-corrected chi connectivity index (χ1v) is 10.5. The van der Waals surface area contributed by atoms with Crippen molar-refractivity contribution in [3.05, 3.63) is 65.2 Å². The van der Waals surface area contributed by atoms with E-state index in [2.05, 4.69) is 26.5 Å². The number of nitrogens with zero attached hydrogens (tertiary/aromatic N) is 2. The second kappa shape index (κ2) is 9.22. The number of halogens is 1. The number of benzene rings is 2. The van der Waals surface area contributed by atoms with Crippen LogP contribution < -0.4 is 15.0 Å². The normalized spacial score (nSPS) is 16.3. The van der Waals surface area contributed by atoms with E-state index in [4.69, 9.17) is 16.3 Å². The Morgan fingerprint density at radius 3 is 2.73 bits per heavy atom. The molecule has 6 nitrogen and oxygen atoms in total. The second-order valence-corrected chi connectivity index (χ2v) is 7.96. The molecule has 0 spiro atoms. The van der Waals surface area contributed by atoms with Gasteiger partial charge in [0.05, 0.1) is 19.2 Å². The molecule has 1 atom stereocenters. The summed E-state index contributed by atoms with van der Waals surface area (Å²) in [6, 6.07) is 17.4. The topological polar surface area (TPSA) is 70.2 Å². The van der Waals surface area contributed by atoms with Gasteiger partial charge in [0, 0.05) is 30.2 Å². The van der Waals surface area contributed by atoms with Crippen LogP contribution in [-0.2, 0) is 11.2 Å². The maximum Gasteiger partial charge on any atom is 0.224 e. The molecule has 0 bridgehead atoms. The van der Waals surface area contributed by atoms with Crippen LogP contribution in [0.1, 0.15) is 18.4 Å². The summed E-state index contributed by atoms with van der Waals surface area (Å²) in [5.74, 6) is 1.76. The van der Waals surface area contributed by atoms with Crippen molar-refractivity contribution < 1.29 is 9.53 Å². The number of nitrogens with one attached hydrogen (secondary N) is 2. The van der Waals surface area contributed by atoms with E-state index < -0.39 is 0 Å². The predicted molar refractivity (Wildman–Crippen MR) is 119 cm³/mol. The molecule has 2 aromatic carbocycles. The van der Waals surface area contributed by atoms with Crippen molar-refractivity contribution in [2.24, 2.45) is 0 Å². The molecule has 1 amide bonds. The lowest BCUT2D eigenvalue weighted by Crippen LogP contribution is -2.48. The van der Waals surface area contributed by atoms with Gasteiger partial charge in [-0.05, 0) is 60.4 Å². The summed E-state index contributed by atoms with van der Waals surface area (Å²) >= 11 is 5.91. The third-order valence-corrected chi connectivity index (χ3v) is 5.61. The molecule has 1 fully saturated rings. The van der Waals surface area contributed by atoms with Gasteiger partial charge in [0.1, 0.15) is 5.75 Å². The van der Waals surface area contributed by atoms with Crippen LogP contribution in [0.4, 0.5) is 5.82 Å². The van der Waals surface area contributed by atoms with E-state index >= 15 is 0 Å². The zero-order chi connectivity index (χ0) is 20.9. The van der Waals surface area contributed by atoms with Crippen LogP contribution in [0.25, 0.3) is 11.3 Å². The summed E-state index contributed by atoms with van der Waals surface area (Å²) in [6.07, 6.45) is 2.34. The Hall–Kier alpha value is -2.99. The maximum atomic E-state index is 12.5.